The number of para-hydroxylation sites is 1. The molecule has 1 fully saturated rings. The summed E-state index contributed by atoms with van der Waals surface area (Å²) in [5, 5.41) is 8.63. The number of hydrogen-bond donors (Lipinski definition) is 1. The summed E-state index contributed by atoms with van der Waals surface area (Å²) in [5.41, 5.74) is 1.12. The molecule has 0 amide bonds. The van der Waals surface area contributed by atoms with E-state index in [1.54, 1.807) is 6.61 Å². The van der Waals surface area contributed by atoms with Crippen molar-refractivity contribution in [2.75, 3.05) is 6.54 Å². The zero-order valence-corrected chi connectivity index (χ0v) is 12.0. The van der Waals surface area contributed by atoms with Crippen LogP contribution in [0.25, 0.3) is 5.32 Å². The van der Waals surface area contributed by atoms with E-state index in [9.17, 15) is 0 Å². The Morgan fingerprint density at radius 3 is 3.05 bits per heavy atom. The van der Waals surface area contributed by atoms with Gasteiger partial charge in [-0.2, -0.15) is 6.92 Å². The molecule has 5 heteroatoms. The van der Waals surface area contributed by atoms with Gasteiger partial charge in [-0.15, -0.1) is 17.4 Å². The summed E-state index contributed by atoms with van der Waals surface area (Å²) >= 11 is 1.85. The van der Waals surface area contributed by atoms with Crippen molar-refractivity contribution in [3.8, 4) is 0 Å². The number of fused-ring (bicyclic) bond motifs is 1. The molecule has 3 unspecified atom stereocenters. The summed E-state index contributed by atoms with van der Waals surface area (Å²) in [7, 11) is 0. The molecule has 1 N–H and O–H groups in total. The van der Waals surface area contributed by atoms with Crippen LogP contribution in [-0.4, -0.2) is 34.2 Å². The monoisotopic (exact) mass is 271 g/mol. The summed E-state index contributed by atoms with van der Waals surface area (Å²) in [6.07, 6.45) is 2.55. The van der Waals surface area contributed by atoms with Crippen molar-refractivity contribution in [3.63, 3.8) is 0 Å². The van der Waals surface area contributed by atoms with Gasteiger partial charge < -0.3 is 15.4 Å². The Morgan fingerprint density at radius 1 is 1.42 bits per heavy atom. The molecule has 0 saturated carbocycles. The van der Waals surface area contributed by atoms with Crippen molar-refractivity contribution >= 4 is 27.6 Å². The minimum absolute atomic E-state index is 0. The van der Waals surface area contributed by atoms with Gasteiger partial charge in [0.15, 0.2) is 0 Å². The first-order chi connectivity index (χ1) is 8.88. The maximum atomic E-state index is 5.75. The molecule has 1 saturated heterocycles. The quantitative estimate of drug-likeness (QED) is 0.678. The second kappa shape index (κ2) is 6.76. The number of nitrogens with zero attached hydrogens (tertiary/aromatic N) is 1. The van der Waals surface area contributed by atoms with Crippen molar-refractivity contribution in [1.82, 2.24) is 5.32 Å². The fourth-order valence-corrected chi connectivity index (χ4v) is 3.85. The van der Waals surface area contributed by atoms with Gasteiger partial charge in [-0.3, -0.25) is 0 Å². The molecular formula is C14H18BeN2OS. The predicted octanol–water partition coefficient (Wildman–Crippen LogP) is 3.06. The van der Waals surface area contributed by atoms with Gasteiger partial charge in [0.25, 0.3) is 0 Å². The van der Waals surface area contributed by atoms with Crippen molar-refractivity contribution in [2.24, 2.45) is 0 Å². The minimum Gasteiger partial charge on any atom is -0.671 e. The van der Waals surface area contributed by atoms with E-state index in [2.05, 4.69) is 23.5 Å². The third kappa shape index (κ3) is 3.14. The number of rotatable bonds is 3. The van der Waals surface area contributed by atoms with E-state index < -0.39 is 0 Å². The second-order valence-electron chi connectivity index (χ2n) is 4.64. The van der Waals surface area contributed by atoms with Gasteiger partial charge in [-0.25, -0.2) is 6.61 Å². The normalized spacial score (nSPS) is 29.2. The van der Waals surface area contributed by atoms with Crippen LogP contribution in [0.4, 0.5) is 5.69 Å². The fraction of sp³-hybridized carbons (Fsp3) is 0.500. The van der Waals surface area contributed by atoms with E-state index in [1.807, 2.05) is 24.8 Å². The number of hydrogen-bond acceptors (Lipinski definition) is 3. The van der Waals surface area contributed by atoms with Crippen LogP contribution >= 0.6 is 11.8 Å². The Bertz CT molecular complexity index is 391. The molecule has 2 aliphatic heterocycles. The van der Waals surface area contributed by atoms with E-state index in [-0.39, 0.29) is 21.6 Å². The topological polar surface area (TPSA) is 35.4 Å². The Kier molecular flexibility index (Phi) is 5.28. The number of piperidine rings is 1. The molecule has 0 bridgehead atoms. The average Bonchev–Trinajstić information content (AvgIpc) is 2.83. The summed E-state index contributed by atoms with van der Waals surface area (Å²) in [5.74, 6) is 0. The molecular weight excluding hydrogens is 253 g/mol. The third-order valence-electron chi connectivity index (χ3n) is 3.44. The van der Waals surface area contributed by atoms with Gasteiger partial charge in [-0.1, -0.05) is 18.2 Å². The molecule has 0 spiro atoms. The Balaban J connectivity index is 0.00000133. The number of nitrogens with one attached hydrogen (secondary N) is 1. The standard InChI is InChI=1S/C14H18N2OS.Be/c1-2-17-11-7-5-9-15-13(11)14-16-10-6-3-4-8-12(10)18-14;/h2-4,6,8,11,13-15H,5,7,9H2,1H3;/q-2;+2. The first-order valence-electron chi connectivity index (χ1n) is 6.51. The molecule has 3 nitrogen and oxygen atoms in total. The van der Waals surface area contributed by atoms with Gasteiger partial charge in [0.2, 0.25) is 0 Å². The summed E-state index contributed by atoms with van der Waals surface area (Å²) in [6, 6.07) is 8.67. The fourth-order valence-electron chi connectivity index (χ4n) is 2.61. The molecule has 0 radical (unpaired) electrons. The molecule has 2 aliphatic rings. The van der Waals surface area contributed by atoms with Crippen molar-refractivity contribution in [3.05, 3.63) is 36.2 Å². The smallest absolute Gasteiger partial charge is 0.671 e. The zero-order chi connectivity index (χ0) is 12.4. The van der Waals surface area contributed by atoms with Crippen LogP contribution in [0.15, 0.2) is 29.2 Å². The number of ether oxygens (including phenoxy) is 1. The predicted molar refractivity (Wildman–Crippen MR) is 80.7 cm³/mol. The van der Waals surface area contributed by atoms with Gasteiger partial charge in [0.05, 0.1) is 0 Å². The van der Waals surface area contributed by atoms with E-state index in [0.717, 1.165) is 18.7 Å². The Labute approximate surface area is 123 Å². The molecule has 0 aliphatic carbocycles. The molecule has 2 heterocycles. The van der Waals surface area contributed by atoms with Crippen molar-refractivity contribution < 1.29 is 4.74 Å². The van der Waals surface area contributed by atoms with Gasteiger partial charge in [-0.05, 0) is 35.7 Å². The molecule has 98 valence electrons. The second-order valence-corrected chi connectivity index (χ2v) is 5.80. The van der Waals surface area contributed by atoms with Crippen LogP contribution in [-0.2, 0) is 4.74 Å². The number of benzene rings is 1. The van der Waals surface area contributed by atoms with E-state index in [0.29, 0.717) is 6.04 Å². The SMILES string of the molecule is C[CH-]OC1CCCNC1C1[N-]c2ccccc2S1.[Be+2]. The zero-order valence-electron chi connectivity index (χ0n) is 11.2. The van der Waals surface area contributed by atoms with Crippen LogP contribution in [0.5, 0.6) is 0 Å². The van der Waals surface area contributed by atoms with Gasteiger partial charge in [0.1, 0.15) is 0 Å². The molecule has 3 rings (SSSR count). The largest absolute Gasteiger partial charge is 2.00 e. The van der Waals surface area contributed by atoms with Crippen LogP contribution in [0.2, 0.25) is 0 Å². The maximum Gasteiger partial charge on any atom is 2.00 e. The molecule has 0 aromatic heterocycles. The third-order valence-corrected chi connectivity index (χ3v) is 4.68. The number of thioether (sulfide) groups is 1. The first kappa shape index (κ1) is 14.9. The van der Waals surface area contributed by atoms with Gasteiger partial charge >= 0.3 is 10.1 Å². The van der Waals surface area contributed by atoms with E-state index >= 15 is 0 Å². The molecule has 19 heavy (non-hydrogen) atoms. The Morgan fingerprint density at radius 2 is 2.26 bits per heavy atom. The van der Waals surface area contributed by atoms with Crippen molar-refractivity contribution in [2.45, 2.75) is 42.2 Å². The van der Waals surface area contributed by atoms with Gasteiger partial charge in [0, 0.05) is 12.1 Å². The molecule has 3 atom stereocenters. The first-order valence-corrected chi connectivity index (χ1v) is 7.39. The minimum atomic E-state index is 0. The van der Waals surface area contributed by atoms with E-state index in [4.69, 9.17) is 10.1 Å². The van der Waals surface area contributed by atoms with Crippen LogP contribution in [0.1, 0.15) is 19.8 Å². The van der Waals surface area contributed by atoms with Crippen LogP contribution < -0.4 is 5.32 Å². The summed E-state index contributed by atoms with van der Waals surface area (Å²) in [4.78, 5) is 1.29. The van der Waals surface area contributed by atoms with Crippen LogP contribution in [0, 0.1) is 6.61 Å². The van der Waals surface area contributed by atoms with Crippen molar-refractivity contribution in [1.29, 1.82) is 0 Å². The Hall–Kier alpha value is -0.541. The summed E-state index contributed by atoms with van der Waals surface area (Å²) < 4.78 is 5.75. The molecule has 1 aromatic carbocycles. The van der Waals surface area contributed by atoms with Crippen LogP contribution in [0.3, 0.4) is 0 Å². The summed E-state index contributed by atoms with van der Waals surface area (Å²) in [6.45, 7) is 4.81. The average molecular weight is 271 g/mol. The molecule has 1 aromatic rings. The van der Waals surface area contributed by atoms with E-state index in [1.165, 1.54) is 11.3 Å². The maximum absolute atomic E-state index is 5.75.